The standard InChI is InChI=1S/C16H9ClFIN2OS/c17-12-4-2-1-3-10(12)14-8-23-16(20-14)21-15(22)11-6-5-9(18)7-13(11)19/h1-8H,(H,20,21,22). The van der Waals surface area contributed by atoms with E-state index in [1.165, 1.54) is 29.5 Å². The highest BCUT2D eigenvalue weighted by Crippen LogP contribution is 2.30. The van der Waals surface area contributed by atoms with Gasteiger partial charge in [-0.25, -0.2) is 9.37 Å². The van der Waals surface area contributed by atoms with Gasteiger partial charge < -0.3 is 0 Å². The van der Waals surface area contributed by atoms with Gasteiger partial charge in [-0.3, -0.25) is 10.1 Å². The van der Waals surface area contributed by atoms with E-state index in [1.807, 2.05) is 46.2 Å². The molecule has 7 heteroatoms. The molecule has 0 fully saturated rings. The van der Waals surface area contributed by atoms with Gasteiger partial charge in [0, 0.05) is 19.5 Å². The van der Waals surface area contributed by atoms with Gasteiger partial charge in [0.1, 0.15) is 5.82 Å². The highest BCUT2D eigenvalue weighted by atomic mass is 127. The van der Waals surface area contributed by atoms with Crippen LogP contribution in [0, 0.1) is 9.39 Å². The number of benzene rings is 2. The lowest BCUT2D eigenvalue weighted by Crippen LogP contribution is -2.13. The van der Waals surface area contributed by atoms with Crippen LogP contribution in [-0.2, 0) is 0 Å². The monoisotopic (exact) mass is 458 g/mol. The molecule has 0 aliphatic heterocycles. The molecule has 0 unspecified atom stereocenters. The van der Waals surface area contributed by atoms with Crippen LogP contribution in [0.15, 0.2) is 47.8 Å². The van der Waals surface area contributed by atoms with Crippen LogP contribution < -0.4 is 5.32 Å². The summed E-state index contributed by atoms with van der Waals surface area (Å²) in [6.07, 6.45) is 0. The molecule has 1 N–H and O–H groups in total. The Morgan fingerprint density at radius 3 is 2.78 bits per heavy atom. The first kappa shape index (κ1) is 16.4. The highest BCUT2D eigenvalue weighted by molar-refractivity contribution is 14.1. The summed E-state index contributed by atoms with van der Waals surface area (Å²) in [7, 11) is 0. The van der Waals surface area contributed by atoms with Crippen molar-refractivity contribution in [3.05, 3.63) is 67.8 Å². The number of hydrogen-bond acceptors (Lipinski definition) is 3. The Morgan fingerprint density at radius 1 is 1.26 bits per heavy atom. The number of nitrogens with one attached hydrogen (secondary N) is 1. The molecule has 23 heavy (non-hydrogen) atoms. The summed E-state index contributed by atoms with van der Waals surface area (Å²) in [5.74, 6) is -0.698. The second-order valence-electron chi connectivity index (χ2n) is 4.60. The van der Waals surface area contributed by atoms with E-state index in [-0.39, 0.29) is 11.7 Å². The molecular formula is C16H9ClFIN2OS. The number of rotatable bonds is 3. The summed E-state index contributed by atoms with van der Waals surface area (Å²) in [6.45, 7) is 0. The van der Waals surface area contributed by atoms with Crippen molar-refractivity contribution in [3.8, 4) is 11.3 Å². The molecule has 0 aliphatic carbocycles. The highest BCUT2D eigenvalue weighted by Gasteiger charge is 2.14. The minimum Gasteiger partial charge on any atom is -0.298 e. The number of carbonyl (C=O) groups is 1. The Labute approximate surface area is 154 Å². The maximum atomic E-state index is 13.1. The lowest BCUT2D eigenvalue weighted by molar-refractivity contribution is 0.102. The maximum absolute atomic E-state index is 13.1. The van der Waals surface area contributed by atoms with Crippen LogP contribution in [0.3, 0.4) is 0 Å². The first-order chi connectivity index (χ1) is 11.0. The van der Waals surface area contributed by atoms with Crippen molar-refractivity contribution in [1.29, 1.82) is 0 Å². The fourth-order valence-corrected chi connectivity index (χ4v) is 3.62. The third kappa shape index (κ3) is 3.70. The predicted octanol–water partition coefficient (Wildman–Crippen LogP) is 5.46. The minimum absolute atomic E-state index is 0.325. The van der Waals surface area contributed by atoms with Crippen LogP contribution in [-0.4, -0.2) is 10.9 Å². The molecule has 0 saturated carbocycles. The molecule has 0 spiro atoms. The van der Waals surface area contributed by atoms with E-state index >= 15 is 0 Å². The second kappa shape index (κ2) is 6.94. The van der Waals surface area contributed by atoms with Gasteiger partial charge in [0.15, 0.2) is 5.13 Å². The molecule has 116 valence electrons. The van der Waals surface area contributed by atoms with Crippen molar-refractivity contribution in [1.82, 2.24) is 4.98 Å². The Balaban J connectivity index is 1.82. The number of thiazole rings is 1. The van der Waals surface area contributed by atoms with E-state index in [4.69, 9.17) is 11.6 Å². The lowest BCUT2D eigenvalue weighted by Gasteiger charge is -2.04. The molecule has 0 bridgehead atoms. The van der Waals surface area contributed by atoms with Gasteiger partial charge in [-0.15, -0.1) is 11.3 Å². The summed E-state index contributed by atoms with van der Waals surface area (Å²) in [5.41, 5.74) is 1.91. The van der Waals surface area contributed by atoms with Crippen molar-refractivity contribution in [3.63, 3.8) is 0 Å². The van der Waals surface area contributed by atoms with Gasteiger partial charge in [-0.1, -0.05) is 29.8 Å². The molecular weight excluding hydrogens is 450 g/mol. The van der Waals surface area contributed by atoms with Gasteiger partial charge in [-0.2, -0.15) is 0 Å². The van der Waals surface area contributed by atoms with Crippen LogP contribution in [0.4, 0.5) is 9.52 Å². The van der Waals surface area contributed by atoms with Crippen molar-refractivity contribution in [2.24, 2.45) is 0 Å². The Morgan fingerprint density at radius 2 is 2.04 bits per heavy atom. The molecule has 1 heterocycles. The summed E-state index contributed by atoms with van der Waals surface area (Å²) in [6, 6.07) is 11.4. The largest absolute Gasteiger partial charge is 0.298 e. The normalized spacial score (nSPS) is 10.6. The zero-order valence-electron chi connectivity index (χ0n) is 11.5. The number of amides is 1. The van der Waals surface area contributed by atoms with Crippen molar-refractivity contribution in [2.75, 3.05) is 5.32 Å². The second-order valence-corrected chi connectivity index (χ2v) is 7.02. The molecule has 1 amide bonds. The topological polar surface area (TPSA) is 42.0 Å². The van der Waals surface area contributed by atoms with Crippen LogP contribution in [0.1, 0.15) is 10.4 Å². The number of nitrogens with zero attached hydrogens (tertiary/aromatic N) is 1. The lowest BCUT2D eigenvalue weighted by atomic mass is 10.2. The van der Waals surface area contributed by atoms with Crippen LogP contribution in [0.2, 0.25) is 5.02 Å². The molecule has 0 radical (unpaired) electrons. The average molecular weight is 459 g/mol. The zero-order valence-corrected chi connectivity index (χ0v) is 15.2. The van der Waals surface area contributed by atoms with Crippen molar-refractivity contribution >= 4 is 56.6 Å². The van der Waals surface area contributed by atoms with E-state index < -0.39 is 0 Å². The first-order valence-corrected chi connectivity index (χ1v) is 8.85. The molecule has 3 nitrogen and oxygen atoms in total. The van der Waals surface area contributed by atoms with Gasteiger partial charge in [0.05, 0.1) is 11.3 Å². The first-order valence-electron chi connectivity index (χ1n) is 6.51. The van der Waals surface area contributed by atoms with Crippen LogP contribution >= 0.6 is 45.5 Å². The summed E-state index contributed by atoms with van der Waals surface area (Å²) < 4.78 is 13.7. The van der Waals surface area contributed by atoms with Crippen molar-refractivity contribution < 1.29 is 9.18 Å². The van der Waals surface area contributed by atoms with Crippen molar-refractivity contribution in [2.45, 2.75) is 0 Å². The Hall–Kier alpha value is -1.51. The van der Waals surface area contributed by atoms with Gasteiger partial charge in [-0.05, 0) is 46.9 Å². The number of halogens is 3. The van der Waals surface area contributed by atoms with Gasteiger partial charge >= 0.3 is 0 Å². The number of hydrogen-bond donors (Lipinski definition) is 1. The minimum atomic E-state index is -0.374. The average Bonchev–Trinajstić information content (AvgIpc) is 2.95. The molecule has 0 saturated heterocycles. The van der Waals surface area contributed by atoms with E-state index in [0.717, 1.165) is 5.56 Å². The summed E-state index contributed by atoms with van der Waals surface area (Å²) >= 11 is 9.38. The predicted molar refractivity (Wildman–Crippen MR) is 99.6 cm³/mol. The Kier molecular flexibility index (Phi) is 4.93. The SMILES string of the molecule is O=C(Nc1nc(-c2ccccc2Cl)cs1)c1ccc(F)cc1I. The number of carbonyl (C=O) groups excluding carboxylic acids is 1. The molecule has 3 aromatic rings. The maximum Gasteiger partial charge on any atom is 0.258 e. The third-order valence-corrected chi connectivity index (χ3v) is 5.03. The van der Waals surface area contributed by atoms with E-state index in [2.05, 4.69) is 10.3 Å². The van der Waals surface area contributed by atoms with Crippen LogP contribution in [0.25, 0.3) is 11.3 Å². The fraction of sp³-hybridized carbons (Fsp3) is 0. The molecule has 3 rings (SSSR count). The summed E-state index contributed by atoms with van der Waals surface area (Å²) in [4.78, 5) is 16.6. The number of aromatic nitrogens is 1. The molecule has 1 aromatic heterocycles. The Bertz CT molecular complexity index is 884. The fourth-order valence-electron chi connectivity index (χ4n) is 1.96. The van der Waals surface area contributed by atoms with Gasteiger partial charge in [0.2, 0.25) is 0 Å². The zero-order chi connectivity index (χ0) is 16.4. The van der Waals surface area contributed by atoms with E-state index in [1.54, 1.807) is 6.07 Å². The quantitative estimate of drug-likeness (QED) is 0.530. The molecule has 2 aromatic carbocycles. The third-order valence-electron chi connectivity index (χ3n) is 3.05. The molecule has 0 atom stereocenters. The number of anilines is 1. The van der Waals surface area contributed by atoms with E-state index in [9.17, 15) is 9.18 Å². The van der Waals surface area contributed by atoms with E-state index in [0.29, 0.717) is 25.0 Å². The smallest absolute Gasteiger partial charge is 0.258 e. The molecule has 0 aliphatic rings. The van der Waals surface area contributed by atoms with Gasteiger partial charge in [0.25, 0.3) is 5.91 Å². The van der Waals surface area contributed by atoms with Crippen LogP contribution in [0.5, 0.6) is 0 Å². The summed E-state index contributed by atoms with van der Waals surface area (Å²) in [5, 5.41) is 5.62.